The Morgan fingerprint density at radius 2 is 1.91 bits per heavy atom. The van der Waals surface area contributed by atoms with Crippen LogP contribution in [0.1, 0.15) is 19.3 Å². The maximum absolute atomic E-state index is 14.1. The highest BCUT2D eigenvalue weighted by Gasteiger charge is 2.21. The summed E-state index contributed by atoms with van der Waals surface area (Å²) >= 11 is 0. The molecule has 0 atom stereocenters. The van der Waals surface area contributed by atoms with E-state index < -0.39 is 17.3 Å². The summed E-state index contributed by atoms with van der Waals surface area (Å²) in [5.41, 5.74) is 2.05. The van der Waals surface area contributed by atoms with Crippen molar-refractivity contribution >= 4 is 22.8 Å². The first kappa shape index (κ1) is 20.9. The molecule has 0 aliphatic carbocycles. The van der Waals surface area contributed by atoms with Gasteiger partial charge in [0.1, 0.15) is 17.5 Å². The van der Waals surface area contributed by atoms with E-state index in [9.17, 15) is 18.4 Å². The number of amides is 1. The van der Waals surface area contributed by atoms with Gasteiger partial charge < -0.3 is 15.2 Å². The van der Waals surface area contributed by atoms with Gasteiger partial charge in [-0.3, -0.25) is 14.3 Å². The molecule has 3 heterocycles. The van der Waals surface area contributed by atoms with Crippen molar-refractivity contribution in [2.75, 3.05) is 25.0 Å². The number of nitrogens with zero attached hydrogens (tertiary/aromatic N) is 3. The number of anilines is 1. The Hall–Kier alpha value is -3.95. The number of halogens is 2. The molecule has 0 bridgehead atoms. The van der Waals surface area contributed by atoms with Crippen LogP contribution in [-0.2, 0) is 4.79 Å². The predicted octanol–water partition coefficient (Wildman–Crippen LogP) is 3.41. The van der Waals surface area contributed by atoms with Crippen molar-refractivity contribution in [1.29, 1.82) is 0 Å². The number of rotatable bonds is 7. The standard InChI is InChI=1S/C23H22F2N6O2/c24-15-9-14(10-16(25)11-15)21-22(26-6-2-8-30-7-1-3-20(30)32)29-23(33)31(21)17-4-5-18-19(12-17)28-13-27-18/h4-5,9-13,26H,1-3,6-8H2,(H,27,28)(H,29,33). The van der Waals surface area contributed by atoms with Crippen LogP contribution in [0.15, 0.2) is 47.5 Å². The molecule has 1 amide bonds. The zero-order chi connectivity index (χ0) is 22.9. The molecule has 0 spiro atoms. The predicted molar refractivity (Wildman–Crippen MR) is 120 cm³/mol. The van der Waals surface area contributed by atoms with Gasteiger partial charge in [-0.05, 0) is 43.2 Å². The number of hydrogen-bond donors (Lipinski definition) is 3. The van der Waals surface area contributed by atoms with Crippen molar-refractivity contribution < 1.29 is 13.6 Å². The number of benzene rings is 2. The summed E-state index contributed by atoms with van der Waals surface area (Å²) in [4.78, 5) is 36.5. The second-order valence-corrected chi connectivity index (χ2v) is 8.02. The fourth-order valence-corrected chi connectivity index (χ4v) is 4.26. The number of carbonyl (C=O) groups is 1. The van der Waals surface area contributed by atoms with Gasteiger partial charge in [-0.15, -0.1) is 0 Å². The molecule has 1 saturated heterocycles. The SMILES string of the molecule is O=C1CCCN1CCCNc1[nH]c(=O)n(-c2ccc3nc[nH]c3c2)c1-c1cc(F)cc(F)c1. The smallest absolute Gasteiger partial charge is 0.332 e. The minimum absolute atomic E-state index is 0.152. The third kappa shape index (κ3) is 4.11. The zero-order valence-electron chi connectivity index (χ0n) is 17.7. The van der Waals surface area contributed by atoms with Crippen molar-refractivity contribution in [1.82, 2.24) is 24.4 Å². The van der Waals surface area contributed by atoms with Crippen molar-refractivity contribution in [2.24, 2.45) is 0 Å². The van der Waals surface area contributed by atoms with Gasteiger partial charge in [-0.25, -0.2) is 18.6 Å². The molecule has 2 aromatic heterocycles. The number of imidazole rings is 2. The van der Waals surface area contributed by atoms with E-state index in [-0.39, 0.29) is 11.5 Å². The second kappa shape index (κ2) is 8.53. The molecular weight excluding hydrogens is 430 g/mol. The van der Waals surface area contributed by atoms with E-state index in [4.69, 9.17) is 0 Å². The third-order valence-electron chi connectivity index (χ3n) is 5.77. The highest BCUT2D eigenvalue weighted by molar-refractivity contribution is 5.80. The van der Waals surface area contributed by atoms with Crippen molar-refractivity contribution in [3.63, 3.8) is 0 Å². The molecule has 0 saturated carbocycles. The van der Waals surface area contributed by atoms with E-state index in [0.29, 0.717) is 43.1 Å². The lowest BCUT2D eigenvalue weighted by Crippen LogP contribution is -2.27. The Bertz CT molecular complexity index is 1370. The largest absolute Gasteiger partial charge is 0.370 e. The van der Waals surface area contributed by atoms with E-state index in [2.05, 4.69) is 20.3 Å². The third-order valence-corrected chi connectivity index (χ3v) is 5.77. The minimum Gasteiger partial charge on any atom is -0.370 e. The van der Waals surface area contributed by atoms with Crippen LogP contribution in [-0.4, -0.2) is 50.0 Å². The molecule has 1 fully saturated rings. The first-order valence-electron chi connectivity index (χ1n) is 10.8. The Kier molecular flexibility index (Phi) is 5.41. The number of nitrogens with one attached hydrogen (secondary N) is 3. The number of H-pyrrole nitrogens is 2. The van der Waals surface area contributed by atoms with Gasteiger partial charge in [0.05, 0.1) is 28.7 Å². The maximum atomic E-state index is 14.1. The Labute approximate surface area is 187 Å². The lowest BCUT2D eigenvalue weighted by Gasteiger charge is -2.16. The fraction of sp³-hybridized carbons (Fsp3) is 0.261. The first-order chi connectivity index (χ1) is 16.0. The molecule has 10 heteroatoms. The molecule has 1 aliphatic heterocycles. The quantitative estimate of drug-likeness (QED) is 0.374. The molecule has 0 unspecified atom stereocenters. The topological polar surface area (TPSA) is 98.8 Å². The number of hydrogen-bond acceptors (Lipinski definition) is 4. The van der Waals surface area contributed by atoms with Crippen molar-refractivity contribution in [3.8, 4) is 16.9 Å². The summed E-state index contributed by atoms with van der Waals surface area (Å²) in [6.45, 7) is 1.83. The minimum atomic E-state index is -0.743. The molecule has 2 aromatic carbocycles. The second-order valence-electron chi connectivity index (χ2n) is 8.02. The Morgan fingerprint density at radius 1 is 1.09 bits per heavy atom. The molecule has 4 aromatic rings. The Balaban J connectivity index is 1.50. The van der Waals surface area contributed by atoms with Crippen LogP contribution in [0.4, 0.5) is 14.6 Å². The van der Waals surface area contributed by atoms with E-state index in [1.165, 1.54) is 16.7 Å². The van der Waals surface area contributed by atoms with Gasteiger partial charge in [0.15, 0.2) is 0 Å². The number of aromatic nitrogens is 4. The molecule has 5 rings (SSSR count). The van der Waals surface area contributed by atoms with E-state index in [1.54, 1.807) is 24.5 Å². The van der Waals surface area contributed by atoms with Gasteiger partial charge in [-0.1, -0.05) is 0 Å². The number of carbonyl (C=O) groups excluding carboxylic acids is 1. The van der Waals surface area contributed by atoms with Gasteiger partial charge >= 0.3 is 5.69 Å². The average molecular weight is 452 g/mol. The van der Waals surface area contributed by atoms with Gasteiger partial charge in [0, 0.05) is 37.7 Å². The molecule has 8 nitrogen and oxygen atoms in total. The summed E-state index contributed by atoms with van der Waals surface area (Å²) in [7, 11) is 0. The van der Waals surface area contributed by atoms with Crippen LogP contribution in [0.2, 0.25) is 0 Å². The normalized spacial score (nSPS) is 13.9. The molecule has 3 N–H and O–H groups in total. The van der Waals surface area contributed by atoms with Crippen LogP contribution in [0, 0.1) is 11.6 Å². The fourth-order valence-electron chi connectivity index (χ4n) is 4.26. The molecule has 33 heavy (non-hydrogen) atoms. The lowest BCUT2D eigenvalue weighted by molar-refractivity contribution is -0.127. The zero-order valence-corrected chi connectivity index (χ0v) is 17.7. The molecule has 1 aliphatic rings. The van der Waals surface area contributed by atoms with Crippen LogP contribution >= 0.6 is 0 Å². The van der Waals surface area contributed by atoms with E-state index in [0.717, 1.165) is 30.1 Å². The first-order valence-corrected chi connectivity index (χ1v) is 10.8. The van der Waals surface area contributed by atoms with E-state index >= 15 is 0 Å². The summed E-state index contributed by atoms with van der Waals surface area (Å²) < 4.78 is 29.5. The number of fused-ring (bicyclic) bond motifs is 1. The monoisotopic (exact) mass is 452 g/mol. The average Bonchev–Trinajstić information content (AvgIpc) is 3.48. The number of likely N-dealkylation sites (tertiary alicyclic amines) is 1. The number of aromatic amines is 2. The van der Waals surface area contributed by atoms with Crippen LogP contribution in [0.5, 0.6) is 0 Å². The van der Waals surface area contributed by atoms with E-state index in [1.807, 2.05) is 4.90 Å². The highest BCUT2D eigenvalue weighted by Crippen LogP contribution is 2.30. The van der Waals surface area contributed by atoms with Crippen molar-refractivity contribution in [2.45, 2.75) is 19.3 Å². The van der Waals surface area contributed by atoms with Gasteiger partial charge in [0.2, 0.25) is 5.91 Å². The van der Waals surface area contributed by atoms with Crippen molar-refractivity contribution in [3.05, 3.63) is 64.8 Å². The summed E-state index contributed by atoms with van der Waals surface area (Å²) in [6, 6.07) is 8.39. The summed E-state index contributed by atoms with van der Waals surface area (Å²) in [5, 5.41) is 3.17. The van der Waals surface area contributed by atoms with Crippen LogP contribution in [0.3, 0.4) is 0 Å². The molecular formula is C23H22F2N6O2. The summed E-state index contributed by atoms with van der Waals surface area (Å²) in [6.07, 6.45) is 3.67. The molecule has 0 radical (unpaired) electrons. The Morgan fingerprint density at radius 3 is 2.67 bits per heavy atom. The lowest BCUT2D eigenvalue weighted by atomic mass is 10.1. The molecule has 170 valence electrons. The van der Waals surface area contributed by atoms with Gasteiger partial charge in [-0.2, -0.15) is 0 Å². The van der Waals surface area contributed by atoms with Crippen LogP contribution < -0.4 is 11.0 Å². The maximum Gasteiger partial charge on any atom is 0.332 e. The van der Waals surface area contributed by atoms with Gasteiger partial charge in [0.25, 0.3) is 0 Å². The highest BCUT2D eigenvalue weighted by atomic mass is 19.1. The van der Waals surface area contributed by atoms with Crippen LogP contribution in [0.25, 0.3) is 28.0 Å². The summed E-state index contributed by atoms with van der Waals surface area (Å²) in [5.74, 6) is -0.984.